The quantitative estimate of drug-likeness (QED) is 0.683. The molecule has 1 amide bonds. The molecule has 1 unspecified atom stereocenters. The molecule has 0 radical (unpaired) electrons. The van der Waals surface area contributed by atoms with Gasteiger partial charge in [0.25, 0.3) is 11.6 Å². The van der Waals surface area contributed by atoms with E-state index in [0.29, 0.717) is 19.6 Å². The van der Waals surface area contributed by atoms with E-state index in [2.05, 4.69) is 0 Å². The van der Waals surface area contributed by atoms with Gasteiger partial charge in [-0.3, -0.25) is 14.9 Å². The fraction of sp³-hybridized carbons (Fsp3) is 0.462. The monoisotopic (exact) mass is 297 g/mol. The number of carbonyl (C=O) groups is 1. The number of nitrogens with two attached hydrogens (primary N) is 1. The number of carbonyl (C=O) groups excluding carboxylic acids is 1. The Labute approximate surface area is 121 Å². The topological polar surface area (TPSA) is 89.5 Å². The molecule has 7 heteroatoms. The van der Waals surface area contributed by atoms with Gasteiger partial charge in [0.2, 0.25) is 0 Å². The zero-order chi connectivity index (χ0) is 14.7. The maximum Gasteiger partial charge on any atom is 0.270 e. The molecule has 2 rings (SSSR count). The molecule has 1 heterocycles. The standard InChI is InChI=1S/C13H16ClN3O3/c14-12-4-3-10(17(19)20)6-11(12)13(18)16-5-1-2-9(7-15)8-16/h3-4,6,9H,1-2,5,7-8,15H2. The third-order valence-electron chi connectivity index (χ3n) is 3.53. The molecule has 2 N–H and O–H groups in total. The van der Waals surface area contributed by atoms with Crippen molar-refractivity contribution in [1.82, 2.24) is 4.90 Å². The predicted octanol–water partition coefficient (Wildman–Crippen LogP) is 2.06. The first-order valence-electron chi connectivity index (χ1n) is 6.46. The van der Waals surface area contributed by atoms with Gasteiger partial charge in [-0.2, -0.15) is 0 Å². The Morgan fingerprint density at radius 1 is 1.55 bits per heavy atom. The average molecular weight is 298 g/mol. The molecule has 0 spiro atoms. The van der Waals surface area contributed by atoms with E-state index in [1.54, 1.807) is 4.90 Å². The van der Waals surface area contributed by atoms with Gasteiger partial charge < -0.3 is 10.6 Å². The average Bonchev–Trinajstić information content (AvgIpc) is 2.46. The van der Waals surface area contributed by atoms with Crippen LogP contribution in [0.1, 0.15) is 23.2 Å². The first-order chi connectivity index (χ1) is 9.52. The maximum atomic E-state index is 12.4. The minimum absolute atomic E-state index is 0.134. The SMILES string of the molecule is NCC1CCCN(C(=O)c2cc([N+](=O)[O-])ccc2Cl)C1. The fourth-order valence-corrected chi connectivity index (χ4v) is 2.60. The van der Waals surface area contributed by atoms with Crippen LogP contribution in [0.4, 0.5) is 5.69 Å². The molecule has 6 nitrogen and oxygen atoms in total. The number of non-ortho nitro benzene ring substituents is 1. The molecular formula is C13H16ClN3O3. The fourth-order valence-electron chi connectivity index (χ4n) is 2.40. The van der Waals surface area contributed by atoms with Crippen LogP contribution in [0.15, 0.2) is 18.2 Å². The molecule has 1 saturated heterocycles. The lowest BCUT2D eigenvalue weighted by atomic mass is 9.97. The summed E-state index contributed by atoms with van der Waals surface area (Å²) in [4.78, 5) is 24.4. The van der Waals surface area contributed by atoms with E-state index >= 15 is 0 Å². The van der Waals surface area contributed by atoms with E-state index in [1.807, 2.05) is 0 Å². The summed E-state index contributed by atoms with van der Waals surface area (Å²) in [7, 11) is 0. The Bertz CT molecular complexity index is 536. The first kappa shape index (κ1) is 14.7. The molecule has 1 fully saturated rings. The molecule has 0 bridgehead atoms. The number of hydrogen-bond donors (Lipinski definition) is 1. The summed E-state index contributed by atoms with van der Waals surface area (Å²) in [6.45, 7) is 1.75. The number of benzene rings is 1. The molecule has 1 aliphatic rings. The normalized spacial score (nSPS) is 18.9. The number of rotatable bonds is 3. The van der Waals surface area contributed by atoms with Crippen molar-refractivity contribution in [1.29, 1.82) is 0 Å². The van der Waals surface area contributed by atoms with E-state index < -0.39 is 4.92 Å². The lowest BCUT2D eigenvalue weighted by Gasteiger charge is -2.32. The zero-order valence-electron chi connectivity index (χ0n) is 10.9. The number of hydrogen-bond acceptors (Lipinski definition) is 4. The molecule has 20 heavy (non-hydrogen) atoms. The number of likely N-dealkylation sites (tertiary alicyclic amines) is 1. The summed E-state index contributed by atoms with van der Waals surface area (Å²) in [6, 6.07) is 3.91. The summed E-state index contributed by atoms with van der Waals surface area (Å²) >= 11 is 5.99. The summed E-state index contributed by atoms with van der Waals surface area (Å²) in [5.74, 6) is 0.0158. The van der Waals surface area contributed by atoms with Gasteiger partial charge in [-0.1, -0.05) is 11.6 Å². The number of nitrogens with zero attached hydrogens (tertiary/aromatic N) is 2. The number of piperidine rings is 1. The first-order valence-corrected chi connectivity index (χ1v) is 6.84. The number of halogens is 1. The van der Waals surface area contributed by atoms with Crippen molar-refractivity contribution < 1.29 is 9.72 Å². The van der Waals surface area contributed by atoms with Gasteiger partial charge in [0.1, 0.15) is 0 Å². The highest BCUT2D eigenvalue weighted by molar-refractivity contribution is 6.33. The van der Waals surface area contributed by atoms with Crippen LogP contribution in [0.5, 0.6) is 0 Å². The van der Waals surface area contributed by atoms with Crippen LogP contribution in [0.25, 0.3) is 0 Å². The number of amides is 1. The summed E-state index contributed by atoms with van der Waals surface area (Å²) in [6.07, 6.45) is 1.89. The lowest BCUT2D eigenvalue weighted by molar-refractivity contribution is -0.384. The molecule has 0 aromatic heterocycles. The van der Waals surface area contributed by atoms with E-state index in [-0.39, 0.29) is 28.1 Å². The van der Waals surface area contributed by atoms with Crippen molar-refractivity contribution in [3.05, 3.63) is 38.9 Å². The lowest BCUT2D eigenvalue weighted by Crippen LogP contribution is -2.42. The molecule has 0 aliphatic carbocycles. The molecule has 1 atom stereocenters. The van der Waals surface area contributed by atoms with Gasteiger partial charge >= 0.3 is 0 Å². The van der Waals surface area contributed by atoms with Crippen molar-refractivity contribution in [2.45, 2.75) is 12.8 Å². The summed E-state index contributed by atoms with van der Waals surface area (Å²) in [5, 5.41) is 11.0. The van der Waals surface area contributed by atoms with Crippen molar-refractivity contribution in [2.24, 2.45) is 11.7 Å². The Balaban J connectivity index is 2.24. The highest BCUT2D eigenvalue weighted by atomic mass is 35.5. The Kier molecular flexibility index (Phi) is 4.57. The van der Waals surface area contributed by atoms with E-state index in [4.69, 9.17) is 17.3 Å². The van der Waals surface area contributed by atoms with Crippen LogP contribution < -0.4 is 5.73 Å². The second-order valence-corrected chi connectivity index (χ2v) is 5.32. The zero-order valence-corrected chi connectivity index (χ0v) is 11.7. The van der Waals surface area contributed by atoms with Gasteiger partial charge in [-0.15, -0.1) is 0 Å². The van der Waals surface area contributed by atoms with Gasteiger partial charge in [0.05, 0.1) is 15.5 Å². The minimum atomic E-state index is -0.536. The third-order valence-corrected chi connectivity index (χ3v) is 3.86. The second-order valence-electron chi connectivity index (χ2n) is 4.92. The van der Waals surface area contributed by atoms with Crippen LogP contribution in [0, 0.1) is 16.0 Å². The van der Waals surface area contributed by atoms with Crippen LogP contribution in [0.3, 0.4) is 0 Å². The minimum Gasteiger partial charge on any atom is -0.338 e. The Morgan fingerprint density at radius 2 is 2.30 bits per heavy atom. The van der Waals surface area contributed by atoms with E-state index in [1.165, 1.54) is 18.2 Å². The van der Waals surface area contributed by atoms with Gasteiger partial charge in [0, 0.05) is 25.2 Å². The van der Waals surface area contributed by atoms with Crippen molar-refractivity contribution >= 4 is 23.2 Å². The third kappa shape index (κ3) is 3.08. The van der Waals surface area contributed by atoms with Gasteiger partial charge in [-0.05, 0) is 31.4 Å². The highest BCUT2D eigenvalue weighted by Gasteiger charge is 2.26. The predicted molar refractivity (Wildman–Crippen MR) is 75.8 cm³/mol. The Morgan fingerprint density at radius 3 is 2.95 bits per heavy atom. The highest BCUT2D eigenvalue weighted by Crippen LogP contribution is 2.25. The maximum absolute atomic E-state index is 12.4. The van der Waals surface area contributed by atoms with Crippen LogP contribution in [0.2, 0.25) is 5.02 Å². The molecule has 1 aromatic carbocycles. The summed E-state index contributed by atoms with van der Waals surface area (Å²) in [5.41, 5.74) is 5.69. The Hall–Kier alpha value is -1.66. The molecule has 0 saturated carbocycles. The molecule has 1 aromatic rings. The van der Waals surface area contributed by atoms with Crippen molar-refractivity contribution in [3.63, 3.8) is 0 Å². The molecule has 108 valence electrons. The van der Waals surface area contributed by atoms with E-state index in [0.717, 1.165) is 12.8 Å². The summed E-state index contributed by atoms with van der Waals surface area (Å²) < 4.78 is 0. The molecular weight excluding hydrogens is 282 g/mol. The number of nitro groups is 1. The molecule has 1 aliphatic heterocycles. The van der Waals surface area contributed by atoms with Crippen LogP contribution in [-0.4, -0.2) is 35.4 Å². The van der Waals surface area contributed by atoms with Crippen molar-refractivity contribution in [3.8, 4) is 0 Å². The number of nitro benzene ring substituents is 1. The van der Waals surface area contributed by atoms with Gasteiger partial charge in [0.15, 0.2) is 0 Å². The second kappa shape index (κ2) is 6.19. The van der Waals surface area contributed by atoms with Crippen LogP contribution in [-0.2, 0) is 0 Å². The van der Waals surface area contributed by atoms with Crippen molar-refractivity contribution in [2.75, 3.05) is 19.6 Å². The van der Waals surface area contributed by atoms with E-state index in [9.17, 15) is 14.9 Å². The van der Waals surface area contributed by atoms with Gasteiger partial charge in [-0.25, -0.2) is 0 Å². The largest absolute Gasteiger partial charge is 0.338 e. The smallest absolute Gasteiger partial charge is 0.270 e. The van der Waals surface area contributed by atoms with Crippen LogP contribution >= 0.6 is 11.6 Å².